The highest BCUT2D eigenvalue weighted by atomic mass is 16.5. The lowest BCUT2D eigenvalue weighted by molar-refractivity contribution is -0.140. The summed E-state index contributed by atoms with van der Waals surface area (Å²) < 4.78 is 4.74. The number of rotatable bonds is 3. The molecule has 0 bridgehead atoms. The van der Waals surface area contributed by atoms with Crippen molar-refractivity contribution in [1.29, 1.82) is 0 Å². The molecule has 0 aliphatic carbocycles. The molecule has 0 aliphatic heterocycles. The number of carbonyl (C=O) groups is 1. The molecule has 0 fully saturated rings. The standard InChI is InChI=1S/C17H15NO2/c1-20-17(19)11-10-12-13-6-2-4-8-15(13)18-16-9-5-3-7-14(12)16/h2-9H,10-11H2,1H3. The van der Waals surface area contributed by atoms with Crippen molar-refractivity contribution in [2.45, 2.75) is 12.8 Å². The zero-order valence-corrected chi connectivity index (χ0v) is 11.3. The van der Waals surface area contributed by atoms with Gasteiger partial charge in [0.2, 0.25) is 0 Å². The summed E-state index contributed by atoms with van der Waals surface area (Å²) in [5.41, 5.74) is 3.09. The molecule has 3 rings (SSSR count). The van der Waals surface area contributed by atoms with Gasteiger partial charge in [-0.15, -0.1) is 0 Å². The number of ether oxygens (including phenoxy) is 1. The Bertz CT molecular complexity index is 726. The Kier molecular flexibility index (Phi) is 3.33. The summed E-state index contributed by atoms with van der Waals surface area (Å²) in [6, 6.07) is 16.1. The topological polar surface area (TPSA) is 39.2 Å². The number of aromatic nitrogens is 1. The second-order valence-electron chi connectivity index (χ2n) is 4.70. The zero-order chi connectivity index (χ0) is 13.9. The number of aryl methyl sites for hydroxylation is 1. The van der Waals surface area contributed by atoms with Crippen molar-refractivity contribution in [3.05, 3.63) is 54.1 Å². The SMILES string of the molecule is COC(=O)CCc1c2ccccc2nc2ccccc12. The minimum Gasteiger partial charge on any atom is -0.469 e. The summed E-state index contributed by atoms with van der Waals surface area (Å²) in [5.74, 6) is -0.185. The summed E-state index contributed by atoms with van der Waals surface area (Å²) in [6.07, 6.45) is 1.05. The van der Waals surface area contributed by atoms with Crippen LogP contribution in [0.5, 0.6) is 0 Å². The fraction of sp³-hybridized carbons (Fsp3) is 0.176. The summed E-state index contributed by atoms with van der Waals surface area (Å²) in [4.78, 5) is 16.1. The molecule has 0 unspecified atom stereocenters. The van der Waals surface area contributed by atoms with Gasteiger partial charge in [0, 0.05) is 17.2 Å². The Morgan fingerprint density at radius 2 is 1.55 bits per heavy atom. The van der Waals surface area contributed by atoms with Crippen molar-refractivity contribution in [3.63, 3.8) is 0 Å². The van der Waals surface area contributed by atoms with E-state index in [0.29, 0.717) is 12.8 Å². The van der Waals surface area contributed by atoms with E-state index < -0.39 is 0 Å². The first-order valence-electron chi connectivity index (χ1n) is 6.63. The van der Waals surface area contributed by atoms with Gasteiger partial charge in [0.15, 0.2) is 0 Å². The van der Waals surface area contributed by atoms with Gasteiger partial charge in [-0.2, -0.15) is 0 Å². The monoisotopic (exact) mass is 265 g/mol. The Labute approximate surface area is 117 Å². The molecule has 0 amide bonds. The van der Waals surface area contributed by atoms with Crippen LogP contribution in [0.25, 0.3) is 21.8 Å². The number of nitrogens with zero attached hydrogens (tertiary/aromatic N) is 1. The van der Waals surface area contributed by atoms with E-state index >= 15 is 0 Å². The summed E-state index contributed by atoms with van der Waals surface area (Å²) in [5, 5.41) is 2.21. The highest BCUT2D eigenvalue weighted by Gasteiger charge is 2.10. The van der Waals surface area contributed by atoms with E-state index in [0.717, 1.165) is 27.4 Å². The Morgan fingerprint density at radius 3 is 2.10 bits per heavy atom. The van der Waals surface area contributed by atoms with E-state index in [1.807, 2.05) is 36.4 Å². The van der Waals surface area contributed by atoms with Crippen molar-refractivity contribution in [3.8, 4) is 0 Å². The molecule has 3 aromatic rings. The van der Waals surface area contributed by atoms with Crippen LogP contribution in [0.4, 0.5) is 0 Å². The predicted octanol–water partition coefficient (Wildman–Crippen LogP) is 3.49. The van der Waals surface area contributed by atoms with Crippen LogP contribution in [0.2, 0.25) is 0 Å². The second-order valence-corrected chi connectivity index (χ2v) is 4.70. The number of fused-ring (bicyclic) bond motifs is 2. The molecule has 3 heteroatoms. The zero-order valence-electron chi connectivity index (χ0n) is 11.3. The van der Waals surface area contributed by atoms with Crippen LogP contribution in [-0.2, 0) is 16.0 Å². The number of pyridine rings is 1. The molecule has 3 nitrogen and oxygen atoms in total. The molecule has 1 heterocycles. The maximum Gasteiger partial charge on any atom is 0.305 e. The number of benzene rings is 2. The van der Waals surface area contributed by atoms with Gasteiger partial charge >= 0.3 is 5.97 Å². The van der Waals surface area contributed by atoms with Gasteiger partial charge in [-0.25, -0.2) is 4.98 Å². The largest absolute Gasteiger partial charge is 0.469 e. The lowest BCUT2D eigenvalue weighted by Crippen LogP contribution is -2.03. The Morgan fingerprint density at radius 1 is 1.00 bits per heavy atom. The third-order valence-electron chi connectivity index (χ3n) is 3.51. The van der Waals surface area contributed by atoms with Gasteiger partial charge in [0.1, 0.15) is 0 Å². The number of hydrogen-bond donors (Lipinski definition) is 0. The molecule has 2 aromatic carbocycles. The fourth-order valence-corrected chi connectivity index (χ4v) is 2.53. The van der Waals surface area contributed by atoms with Crippen molar-refractivity contribution < 1.29 is 9.53 Å². The first-order valence-corrected chi connectivity index (χ1v) is 6.63. The van der Waals surface area contributed by atoms with Gasteiger partial charge in [-0.3, -0.25) is 4.79 Å². The highest BCUT2D eigenvalue weighted by Crippen LogP contribution is 2.26. The number of esters is 1. The molecule has 0 spiro atoms. The van der Waals surface area contributed by atoms with Crippen LogP contribution >= 0.6 is 0 Å². The fourth-order valence-electron chi connectivity index (χ4n) is 2.53. The second kappa shape index (κ2) is 5.29. The molecule has 20 heavy (non-hydrogen) atoms. The molecular weight excluding hydrogens is 250 g/mol. The van der Waals surface area contributed by atoms with E-state index in [2.05, 4.69) is 17.1 Å². The Balaban J connectivity index is 2.20. The van der Waals surface area contributed by atoms with Gasteiger partial charge in [-0.05, 0) is 24.1 Å². The molecule has 0 atom stereocenters. The molecule has 0 aliphatic rings. The van der Waals surface area contributed by atoms with Crippen LogP contribution in [0.3, 0.4) is 0 Å². The molecule has 1 aromatic heterocycles. The molecule has 0 saturated carbocycles. The van der Waals surface area contributed by atoms with E-state index in [1.165, 1.54) is 7.11 Å². The smallest absolute Gasteiger partial charge is 0.305 e. The molecule has 0 N–H and O–H groups in total. The Hall–Kier alpha value is -2.42. The average molecular weight is 265 g/mol. The maximum atomic E-state index is 11.4. The van der Waals surface area contributed by atoms with Gasteiger partial charge in [-0.1, -0.05) is 36.4 Å². The lowest BCUT2D eigenvalue weighted by Gasteiger charge is -2.10. The van der Waals surface area contributed by atoms with Crippen molar-refractivity contribution in [1.82, 2.24) is 4.98 Å². The van der Waals surface area contributed by atoms with Crippen LogP contribution in [0.15, 0.2) is 48.5 Å². The van der Waals surface area contributed by atoms with E-state index in [9.17, 15) is 4.79 Å². The lowest BCUT2D eigenvalue weighted by atomic mass is 9.99. The first-order chi connectivity index (χ1) is 9.79. The van der Waals surface area contributed by atoms with E-state index in [4.69, 9.17) is 4.74 Å². The summed E-state index contributed by atoms with van der Waals surface area (Å²) in [7, 11) is 1.42. The molecular formula is C17H15NO2. The number of para-hydroxylation sites is 2. The average Bonchev–Trinajstić information content (AvgIpc) is 2.51. The molecule has 0 radical (unpaired) electrons. The quantitative estimate of drug-likeness (QED) is 0.537. The third-order valence-corrected chi connectivity index (χ3v) is 3.51. The number of hydrogen-bond acceptors (Lipinski definition) is 3. The minimum atomic E-state index is -0.185. The van der Waals surface area contributed by atoms with E-state index in [1.54, 1.807) is 0 Å². The van der Waals surface area contributed by atoms with E-state index in [-0.39, 0.29) is 5.97 Å². The molecule has 0 saturated heterocycles. The maximum absolute atomic E-state index is 11.4. The summed E-state index contributed by atoms with van der Waals surface area (Å²) >= 11 is 0. The van der Waals surface area contributed by atoms with Crippen LogP contribution in [-0.4, -0.2) is 18.1 Å². The number of methoxy groups -OCH3 is 1. The van der Waals surface area contributed by atoms with Crippen molar-refractivity contribution in [2.75, 3.05) is 7.11 Å². The normalized spacial score (nSPS) is 10.8. The first kappa shape index (κ1) is 12.6. The number of carbonyl (C=O) groups excluding carboxylic acids is 1. The van der Waals surface area contributed by atoms with Crippen LogP contribution < -0.4 is 0 Å². The minimum absolute atomic E-state index is 0.185. The van der Waals surface area contributed by atoms with Gasteiger partial charge in [0.25, 0.3) is 0 Å². The van der Waals surface area contributed by atoms with Gasteiger partial charge < -0.3 is 4.74 Å². The molecule has 100 valence electrons. The summed E-state index contributed by atoms with van der Waals surface area (Å²) in [6.45, 7) is 0. The van der Waals surface area contributed by atoms with Crippen molar-refractivity contribution >= 4 is 27.8 Å². The van der Waals surface area contributed by atoms with Crippen molar-refractivity contribution in [2.24, 2.45) is 0 Å². The van der Waals surface area contributed by atoms with Crippen LogP contribution in [0.1, 0.15) is 12.0 Å². The highest BCUT2D eigenvalue weighted by molar-refractivity contribution is 5.97. The van der Waals surface area contributed by atoms with Crippen LogP contribution in [0, 0.1) is 0 Å². The third kappa shape index (κ3) is 2.23. The predicted molar refractivity (Wildman–Crippen MR) is 79.6 cm³/mol. The van der Waals surface area contributed by atoms with Gasteiger partial charge in [0.05, 0.1) is 18.1 Å².